The SMILES string of the molecule is Cc1cccc(OCCCNC(=O)CCl)c1. The summed E-state index contributed by atoms with van der Waals surface area (Å²) < 4.78 is 5.52. The zero-order valence-corrected chi connectivity index (χ0v) is 10.1. The topological polar surface area (TPSA) is 38.3 Å². The second kappa shape index (κ2) is 7.12. The van der Waals surface area contributed by atoms with Crippen LogP contribution in [0, 0.1) is 6.92 Å². The van der Waals surface area contributed by atoms with Gasteiger partial charge in [0.1, 0.15) is 11.6 Å². The van der Waals surface area contributed by atoms with E-state index in [2.05, 4.69) is 5.32 Å². The fourth-order valence-electron chi connectivity index (χ4n) is 1.24. The summed E-state index contributed by atoms with van der Waals surface area (Å²) in [4.78, 5) is 10.8. The molecule has 0 fully saturated rings. The molecule has 0 unspecified atom stereocenters. The van der Waals surface area contributed by atoms with Crippen molar-refractivity contribution in [2.75, 3.05) is 19.0 Å². The molecule has 0 saturated heterocycles. The summed E-state index contributed by atoms with van der Waals surface area (Å²) in [7, 11) is 0. The number of alkyl halides is 1. The van der Waals surface area contributed by atoms with E-state index in [9.17, 15) is 4.79 Å². The maximum absolute atomic E-state index is 10.8. The van der Waals surface area contributed by atoms with Crippen LogP contribution in [0.4, 0.5) is 0 Å². The van der Waals surface area contributed by atoms with Gasteiger partial charge in [0, 0.05) is 6.54 Å². The number of carbonyl (C=O) groups excluding carboxylic acids is 1. The number of benzene rings is 1. The van der Waals surface area contributed by atoms with Gasteiger partial charge in [-0.1, -0.05) is 12.1 Å². The molecule has 1 amide bonds. The van der Waals surface area contributed by atoms with Gasteiger partial charge in [0.2, 0.25) is 5.91 Å². The van der Waals surface area contributed by atoms with E-state index in [1.807, 2.05) is 31.2 Å². The molecule has 0 saturated carbocycles. The summed E-state index contributed by atoms with van der Waals surface area (Å²) in [6.07, 6.45) is 0.774. The van der Waals surface area contributed by atoms with Crippen LogP contribution in [0.15, 0.2) is 24.3 Å². The van der Waals surface area contributed by atoms with E-state index in [0.29, 0.717) is 13.2 Å². The number of ether oxygens (including phenoxy) is 1. The maximum atomic E-state index is 10.8. The number of aryl methyl sites for hydroxylation is 1. The molecule has 0 aromatic heterocycles. The molecular weight excluding hydrogens is 226 g/mol. The molecule has 0 aliphatic rings. The molecule has 1 aromatic carbocycles. The number of hydrogen-bond donors (Lipinski definition) is 1. The van der Waals surface area contributed by atoms with Gasteiger partial charge >= 0.3 is 0 Å². The van der Waals surface area contributed by atoms with Crippen LogP contribution >= 0.6 is 11.6 Å². The minimum atomic E-state index is -0.141. The van der Waals surface area contributed by atoms with Gasteiger partial charge in [-0.25, -0.2) is 0 Å². The molecule has 3 nitrogen and oxygen atoms in total. The minimum Gasteiger partial charge on any atom is -0.494 e. The van der Waals surface area contributed by atoms with E-state index in [1.165, 1.54) is 5.56 Å². The lowest BCUT2D eigenvalue weighted by Crippen LogP contribution is -2.26. The molecule has 4 heteroatoms. The third kappa shape index (κ3) is 5.03. The summed E-state index contributed by atoms with van der Waals surface area (Å²) in [6.45, 7) is 3.21. The van der Waals surface area contributed by atoms with Crippen molar-refractivity contribution < 1.29 is 9.53 Å². The Labute approximate surface area is 101 Å². The van der Waals surface area contributed by atoms with Crippen LogP contribution in [0.1, 0.15) is 12.0 Å². The highest BCUT2D eigenvalue weighted by atomic mass is 35.5. The van der Waals surface area contributed by atoms with Gasteiger partial charge in [-0.2, -0.15) is 0 Å². The Morgan fingerprint density at radius 3 is 3.00 bits per heavy atom. The molecule has 0 aliphatic carbocycles. The van der Waals surface area contributed by atoms with Crippen molar-refractivity contribution in [2.45, 2.75) is 13.3 Å². The van der Waals surface area contributed by atoms with E-state index >= 15 is 0 Å². The molecule has 0 heterocycles. The summed E-state index contributed by atoms with van der Waals surface area (Å²) in [5.74, 6) is 0.736. The Bertz CT molecular complexity index is 342. The smallest absolute Gasteiger partial charge is 0.234 e. The van der Waals surface area contributed by atoms with Gasteiger partial charge in [-0.3, -0.25) is 4.79 Å². The molecule has 1 N–H and O–H groups in total. The highest BCUT2D eigenvalue weighted by molar-refractivity contribution is 6.27. The Kier molecular flexibility index (Phi) is 5.72. The number of rotatable bonds is 6. The average molecular weight is 242 g/mol. The van der Waals surface area contributed by atoms with Gasteiger partial charge < -0.3 is 10.1 Å². The quantitative estimate of drug-likeness (QED) is 0.612. The van der Waals surface area contributed by atoms with Crippen LogP contribution < -0.4 is 10.1 Å². The number of halogens is 1. The lowest BCUT2D eigenvalue weighted by molar-refractivity contribution is -0.118. The van der Waals surface area contributed by atoms with Gasteiger partial charge in [-0.15, -0.1) is 11.6 Å². The Balaban J connectivity index is 2.14. The zero-order chi connectivity index (χ0) is 11.8. The van der Waals surface area contributed by atoms with Gasteiger partial charge in [0.05, 0.1) is 6.61 Å². The lowest BCUT2D eigenvalue weighted by atomic mass is 10.2. The Morgan fingerprint density at radius 1 is 1.50 bits per heavy atom. The first kappa shape index (κ1) is 12.8. The summed E-state index contributed by atoms with van der Waals surface area (Å²) in [6, 6.07) is 7.88. The molecule has 0 radical (unpaired) electrons. The average Bonchev–Trinajstić information content (AvgIpc) is 2.28. The van der Waals surface area contributed by atoms with E-state index < -0.39 is 0 Å². The molecule has 0 atom stereocenters. The number of hydrogen-bond acceptors (Lipinski definition) is 2. The second-order valence-electron chi connectivity index (χ2n) is 3.50. The number of nitrogens with one attached hydrogen (secondary N) is 1. The fourth-order valence-corrected chi connectivity index (χ4v) is 1.34. The normalized spacial score (nSPS) is 9.88. The lowest BCUT2D eigenvalue weighted by Gasteiger charge is -2.07. The summed E-state index contributed by atoms with van der Waals surface area (Å²) >= 11 is 5.33. The van der Waals surface area contributed by atoms with Crippen LogP contribution in [0.3, 0.4) is 0 Å². The van der Waals surface area contributed by atoms with Crippen molar-refractivity contribution in [2.24, 2.45) is 0 Å². The zero-order valence-electron chi connectivity index (χ0n) is 9.33. The van der Waals surface area contributed by atoms with Crippen molar-refractivity contribution >= 4 is 17.5 Å². The number of carbonyl (C=O) groups is 1. The molecule has 0 bridgehead atoms. The first-order valence-electron chi connectivity index (χ1n) is 5.24. The van der Waals surface area contributed by atoms with E-state index in [-0.39, 0.29) is 11.8 Å². The van der Waals surface area contributed by atoms with Crippen molar-refractivity contribution in [1.82, 2.24) is 5.32 Å². The molecule has 88 valence electrons. The summed E-state index contributed by atoms with van der Waals surface area (Å²) in [5.41, 5.74) is 1.17. The predicted octanol–water partition coefficient (Wildman–Crippen LogP) is 2.12. The monoisotopic (exact) mass is 241 g/mol. The van der Waals surface area contributed by atoms with Crippen molar-refractivity contribution in [3.63, 3.8) is 0 Å². The Hall–Kier alpha value is -1.22. The van der Waals surface area contributed by atoms with E-state index in [1.54, 1.807) is 0 Å². The maximum Gasteiger partial charge on any atom is 0.234 e. The van der Waals surface area contributed by atoms with Gasteiger partial charge in [0.25, 0.3) is 0 Å². The van der Waals surface area contributed by atoms with Crippen molar-refractivity contribution in [3.05, 3.63) is 29.8 Å². The van der Waals surface area contributed by atoms with Crippen LogP contribution in [0.2, 0.25) is 0 Å². The largest absolute Gasteiger partial charge is 0.494 e. The van der Waals surface area contributed by atoms with Gasteiger partial charge in [-0.05, 0) is 31.0 Å². The molecule has 0 spiro atoms. The van der Waals surface area contributed by atoms with E-state index in [0.717, 1.165) is 12.2 Å². The summed E-state index contributed by atoms with van der Waals surface area (Å²) in [5, 5.41) is 2.68. The molecule has 1 rings (SSSR count). The van der Waals surface area contributed by atoms with E-state index in [4.69, 9.17) is 16.3 Å². The van der Waals surface area contributed by atoms with Crippen molar-refractivity contribution in [1.29, 1.82) is 0 Å². The highest BCUT2D eigenvalue weighted by Gasteiger charge is 1.97. The first-order valence-corrected chi connectivity index (χ1v) is 5.78. The predicted molar refractivity (Wildman–Crippen MR) is 65.0 cm³/mol. The van der Waals surface area contributed by atoms with Crippen LogP contribution in [-0.2, 0) is 4.79 Å². The molecule has 1 aromatic rings. The van der Waals surface area contributed by atoms with Crippen molar-refractivity contribution in [3.8, 4) is 5.75 Å². The standard InChI is InChI=1S/C12H16ClNO2/c1-10-4-2-5-11(8-10)16-7-3-6-14-12(15)9-13/h2,4-5,8H,3,6-7,9H2,1H3,(H,14,15). The van der Waals surface area contributed by atoms with Crippen LogP contribution in [-0.4, -0.2) is 24.9 Å². The molecule has 0 aliphatic heterocycles. The van der Waals surface area contributed by atoms with Gasteiger partial charge in [0.15, 0.2) is 0 Å². The third-order valence-electron chi connectivity index (χ3n) is 2.02. The first-order chi connectivity index (χ1) is 7.72. The minimum absolute atomic E-state index is 0.0126. The molecule has 16 heavy (non-hydrogen) atoms. The fraction of sp³-hybridized carbons (Fsp3) is 0.417. The second-order valence-corrected chi connectivity index (χ2v) is 3.77. The highest BCUT2D eigenvalue weighted by Crippen LogP contribution is 2.12. The third-order valence-corrected chi connectivity index (χ3v) is 2.27. The van der Waals surface area contributed by atoms with Crippen LogP contribution in [0.25, 0.3) is 0 Å². The number of amides is 1. The molecular formula is C12H16ClNO2. The Morgan fingerprint density at radius 2 is 2.31 bits per heavy atom. The van der Waals surface area contributed by atoms with Crippen LogP contribution in [0.5, 0.6) is 5.75 Å².